The number of methoxy groups -OCH3 is 1. The molecule has 5 rings (SSSR count). The van der Waals surface area contributed by atoms with E-state index in [-0.39, 0.29) is 11.9 Å². The van der Waals surface area contributed by atoms with Gasteiger partial charge in [-0.1, -0.05) is 30.3 Å². The quantitative estimate of drug-likeness (QED) is 0.539. The molecule has 8 nitrogen and oxygen atoms in total. The van der Waals surface area contributed by atoms with Crippen LogP contribution in [0.15, 0.2) is 60.8 Å². The second kappa shape index (κ2) is 11.0. The van der Waals surface area contributed by atoms with E-state index in [0.717, 1.165) is 62.9 Å². The molecule has 1 N–H and O–H groups in total. The third-order valence-corrected chi connectivity index (χ3v) is 6.82. The zero-order valence-electron chi connectivity index (χ0n) is 20.1. The van der Waals surface area contributed by atoms with Crippen LogP contribution >= 0.6 is 0 Å². The summed E-state index contributed by atoms with van der Waals surface area (Å²) in [4.78, 5) is 16.0. The third-order valence-electron chi connectivity index (χ3n) is 6.82. The molecule has 1 aromatic heterocycles. The number of hydrogen-bond donors (Lipinski definition) is 1. The second-order valence-corrected chi connectivity index (χ2v) is 8.95. The van der Waals surface area contributed by atoms with Crippen molar-refractivity contribution in [2.24, 2.45) is 5.92 Å². The number of carbonyl (C=O) groups is 1. The van der Waals surface area contributed by atoms with Crippen LogP contribution in [0.5, 0.6) is 5.75 Å². The fourth-order valence-electron chi connectivity index (χ4n) is 4.89. The van der Waals surface area contributed by atoms with Gasteiger partial charge in [0.25, 0.3) is 5.91 Å². The fourth-order valence-corrected chi connectivity index (χ4v) is 4.89. The Hall–Kier alpha value is -3.20. The zero-order chi connectivity index (χ0) is 24.0. The fraction of sp³-hybridized carbons (Fsp3) is 0.407. The number of aromatic nitrogens is 2. The molecule has 0 spiro atoms. The molecule has 2 atom stereocenters. The average molecular weight is 477 g/mol. The Kier molecular flexibility index (Phi) is 7.42. The van der Waals surface area contributed by atoms with Gasteiger partial charge in [0, 0.05) is 50.0 Å². The van der Waals surface area contributed by atoms with Crippen molar-refractivity contribution >= 4 is 5.91 Å². The summed E-state index contributed by atoms with van der Waals surface area (Å²) in [6.45, 7) is 5.27. The number of nitrogens with zero attached hydrogens (tertiary/aromatic N) is 3. The van der Waals surface area contributed by atoms with Crippen LogP contribution in [0.3, 0.4) is 0 Å². The molecule has 35 heavy (non-hydrogen) atoms. The number of carbonyl (C=O) groups excluding carboxylic acids is 1. The zero-order valence-corrected chi connectivity index (χ0v) is 20.1. The minimum atomic E-state index is -0.137. The molecule has 0 aliphatic carbocycles. The lowest BCUT2D eigenvalue weighted by Crippen LogP contribution is -2.52. The van der Waals surface area contributed by atoms with Gasteiger partial charge in [-0.15, -0.1) is 0 Å². The van der Waals surface area contributed by atoms with Crippen LogP contribution in [-0.4, -0.2) is 79.8 Å². The van der Waals surface area contributed by atoms with Crippen LogP contribution < -0.4 is 10.1 Å². The first-order valence-electron chi connectivity index (χ1n) is 12.2. The van der Waals surface area contributed by atoms with E-state index in [1.165, 1.54) is 0 Å². The van der Waals surface area contributed by atoms with Crippen molar-refractivity contribution in [2.45, 2.75) is 12.5 Å². The highest BCUT2D eigenvalue weighted by atomic mass is 16.5. The first-order valence-corrected chi connectivity index (χ1v) is 12.2. The van der Waals surface area contributed by atoms with Gasteiger partial charge in [-0.2, -0.15) is 5.10 Å². The lowest BCUT2D eigenvalue weighted by Gasteiger charge is -2.37. The predicted molar refractivity (Wildman–Crippen MR) is 133 cm³/mol. The molecule has 2 unspecified atom stereocenters. The Morgan fingerprint density at radius 2 is 1.94 bits per heavy atom. The molecular weight excluding hydrogens is 444 g/mol. The smallest absolute Gasteiger partial charge is 0.255 e. The third kappa shape index (κ3) is 5.40. The van der Waals surface area contributed by atoms with E-state index in [1.54, 1.807) is 11.8 Å². The van der Waals surface area contributed by atoms with E-state index in [4.69, 9.17) is 19.3 Å². The summed E-state index contributed by atoms with van der Waals surface area (Å²) in [5, 5.41) is 8.01. The topological polar surface area (TPSA) is 77.9 Å². The molecule has 0 bridgehead atoms. The van der Waals surface area contributed by atoms with Gasteiger partial charge in [0.2, 0.25) is 0 Å². The number of nitrogens with one attached hydrogen (secondary N) is 1. The van der Waals surface area contributed by atoms with E-state index >= 15 is 0 Å². The summed E-state index contributed by atoms with van der Waals surface area (Å²) in [5.74, 6) is 0.984. The van der Waals surface area contributed by atoms with Crippen molar-refractivity contribution in [1.82, 2.24) is 20.0 Å². The number of benzene rings is 2. The summed E-state index contributed by atoms with van der Waals surface area (Å²) in [6, 6.07) is 17.7. The van der Waals surface area contributed by atoms with Gasteiger partial charge in [-0.25, -0.2) is 4.68 Å². The van der Waals surface area contributed by atoms with Gasteiger partial charge >= 0.3 is 0 Å². The molecule has 3 aromatic rings. The number of ether oxygens (including phenoxy) is 3. The van der Waals surface area contributed by atoms with Gasteiger partial charge in [0.15, 0.2) is 0 Å². The molecular formula is C27H32N4O4. The van der Waals surface area contributed by atoms with Crippen molar-refractivity contribution in [3.63, 3.8) is 0 Å². The maximum absolute atomic E-state index is 13.6. The Labute approximate surface area is 205 Å². The average Bonchev–Trinajstić information content (AvgIpc) is 3.61. The number of hydrogen-bond acceptors (Lipinski definition) is 6. The molecule has 2 aliphatic heterocycles. The standard InChI is InChI=1S/C27H32N4O4/c1-33-23-9-5-6-20(16-23)26-24(18-31(29-26)22-7-3-2-4-8-22)27(32)28-17-25(21-10-13-35-19-21)30-11-14-34-15-12-30/h2-9,16,18,21,25H,10-15,17,19H2,1H3,(H,28,32). The van der Waals surface area contributed by atoms with Crippen molar-refractivity contribution in [3.8, 4) is 22.7 Å². The number of amides is 1. The predicted octanol–water partition coefficient (Wildman–Crippen LogP) is 3.02. The largest absolute Gasteiger partial charge is 0.497 e. The van der Waals surface area contributed by atoms with Crippen LogP contribution in [0, 0.1) is 5.92 Å². The normalized spacial score (nSPS) is 19.4. The van der Waals surface area contributed by atoms with Crippen LogP contribution in [0.2, 0.25) is 0 Å². The Morgan fingerprint density at radius 1 is 1.11 bits per heavy atom. The summed E-state index contributed by atoms with van der Waals surface area (Å²) in [5.41, 5.74) is 2.88. The SMILES string of the molecule is COc1cccc(-c2nn(-c3ccccc3)cc2C(=O)NCC(C2CCOC2)N2CCOCC2)c1. The Balaban J connectivity index is 1.42. The van der Waals surface area contributed by atoms with Crippen LogP contribution in [-0.2, 0) is 9.47 Å². The minimum absolute atomic E-state index is 0.137. The summed E-state index contributed by atoms with van der Waals surface area (Å²) >= 11 is 0. The molecule has 3 heterocycles. The van der Waals surface area contributed by atoms with Crippen molar-refractivity contribution in [1.29, 1.82) is 0 Å². The van der Waals surface area contributed by atoms with Gasteiger partial charge < -0.3 is 19.5 Å². The molecule has 8 heteroatoms. The van der Waals surface area contributed by atoms with E-state index in [0.29, 0.717) is 23.7 Å². The number of morpholine rings is 1. The molecule has 2 saturated heterocycles. The van der Waals surface area contributed by atoms with Crippen LogP contribution in [0.4, 0.5) is 0 Å². The van der Waals surface area contributed by atoms with Crippen molar-refractivity contribution < 1.29 is 19.0 Å². The highest BCUT2D eigenvalue weighted by Crippen LogP contribution is 2.27. The van der Waals surface area contributed by atoms with Gasteiger partial charge in [-0.3, -0.25) is 9.69 Å². The summed E-state index contributed by atoms with van der Waals surface area (Å²) in [6.07, 6.45) is 2.82. The summed E-state index contributed by atoms with van der Waals surface area (Å²) < 4.78 is 18.4. The van der Waals surface area contributed by atoms with Crippen molar-refractivity contribution in [2.75, 3.05) is 53.2 Å². The first-order chi connectivity index (χ1) is 17.2. The van der Waals surface area contributed by atoms with E-state index in [2.05, 4.69) is 10.2 Å². The van der Waals surface area contributed by atoms with E-state index < -0.39 is 0 Å². The molecule has 2 aromatic carbocycles. The molecule has 0 radical (unpaired) electrons. The Morgan fingerprint density at radius 3 is 2.69 bits per heavy atom. The van der Waals surface area contributed by atoms with Crippen LogP contribution in [0.25, 0.3) is 16.9 Å². The maximum Gasteiger partial charge on any atom is 0.255 e. The van der Waals surface area contributed by atoms with E-state index in [9.17, 15) is 4.79 Å². The van der Waals surface area contributed by atoms with E-state index in [1.807, 2.05) is 60.8 Å². The van der Waals surface area contributed by atoms with Gasteiger partial charge in [0.1, 0.15) is 11.4 Å². The molecule has 1 amide bonds. The first kappa shape index (κ1) is 23.5. The summed E-state index contributed by atoms with van der Waals surface area (Å²) in [7, 11) is 1.63. The highest BCUT2D eigenvalue weighted by Gasteiger charge is 2.32. The van der Waals surface area contributed by atoms with Gasteiger partial charge in [0.05, 0.1) is 38.2 Å². The molecule has 2 aliphatic rings. The Bertz CT molecular complexity index is 1120. The second-order valence-electron chi connectivity index (χ2n) is 8.95. The van der Waals surface area contributed by atoms with Crippen LogP contribution in [0.1, 0.15) is 16.8 Å². The maximum atomic E-state index is 13.6. The molecule has 2 fully saturated rings. The lowest BCUT2D eigenvalue weighted by atomic mass is 9.96. The number of rotatable bonds is 8. The highest BCUT2D eigenvalue weighted by molar-refractivity contribution is 6.00. The molecule has 184 valence electrons. The molecule has 0 saturated carbocycles. The lowest BCUT2D eigenvalue weighted by molar-refractivity contribution is 0.00166. The monoisotopic (exact) mass is 476 g/mol. The van der Waals surface area contributed by atoms with Gasteiger partial charge in [-0.05, 0) is 30.7 Å². The number of para-hydroxylation sites is 1. The minimum Gasteiger partial charge on any atom is -0.497 e. The van der Waals surface area contributed by atoms with Crippen molar-refractivity contribution in [3.05, 3.63) is 66.4 Å².